The van der Waals surface area contributed by atoms with Gasteiger partial charge in [-0.2, -0.15) is 0 Å². The van der Waals surface area contributed by atoms with Crippen molar-refractivity contribution in [1.82, 2.24) is 5.32 Å². The number of benzene rings is 1. The zero-order chi connectivity index (χ0) is 13.4. The largest absolute Gasteiger partial charge is 0.488 e. The fourth-order valence-corrected chi connectivity index (χ4v) is 1.89. The van der Waals surface area contributed by atoms with E-state index in [9.17, 15) is 0 Å². The predicted octanol–water partition coefficient (Wildman–Crippen LogP) is 3.04. The summed E-state index contributed by atoms with van der Waals surface area (Å²) in [7, 11) is 1.71. The van der Waals surface area contributed by atoms with Crippen LogP contribution in [0.5, 0.6) is 5.75 Å². The van der Waals surface area contributed by atoms with Crippen LogP contribution < -0.4 is 10.1 Å². The van der Waals surface area contributed by atoms with Crippen LogP contribution in [0.15, 0.2) is 18.2 Å². The van der Waals surface area contributed by atoms with Gasteiger partial charge in [-0.05, 0) is 44.5 Å². The molecule has 0 spiro atoms. The Kier molecular flexibility index (Phi) is 7.09. The standard InChI is InChI=1S/C14H22ClNO2/c1-11-5-6-14(13(15)9-11)18-12(2)10-16-7-4-8-17-3/h5-6,9,12,16H,4,7-8,10H2,1-3H3. The molecule has 1 aromatic rings. The van der Waals surface area contributed by atoms with Crippen molar-refractivity contribution in [2.75, 3.05) is 26.8 Å². The number of hydrogen-bond donors (Lipinski definition) is 1. The van der Waals surface area contributed by atoms with E-state index in [0.717, 1.165) is 37.4 Å². The SMILES string of the molecule is COCCCNCC(C)Oc1ccc(C)cc1Cl. The van der Waals surface area contributed by atoms with Gasteiger partial charge in [0.2, 0.25) is 0 Å². The fraction of sp³-hybridized carbons (Fsp3) is 0.571. The highest BCUT2D eigenvalue weighted by Crippen LogP contribution is 2.25. The van der Waals surface area contributed by atoms with Crippen molar-refractivity contribution >= 4 is 11.6 Å². The Morgan fingerprint density at radius 2 is 2.17 bits per heavy atom. The lowest BCUT2D eigenvalue weighted by Gasteiger charge is -2.16. The Morgan fingerprint density at radius 1 is 1.39 bits per heavy atom. The quantitative estimate of drug-likeness (QED) is 0.737. The first-order chi connectivity index (χ1) is 8.63. The van der Waals surface area contributed by atoms with Gasteiger partial charge in [-0.1, -0.05) is 17.7 Å². The average molecular weight is 272 g/mol. The van der Waals surface area contributed by atoms with Crippen LogP contribution >= 0.6 is 11.6 Å². The Bertz CT molecular complexity index is 358. The molecule has 0 aliphatic carbocycles. The molecule has 0 bridgehead atoms. The lowest BCUT2D eigenvalue weighted by molar-refractivity contribution is 0.188. The molecule has 0 amide bonds. The summed E-state index contributed by atoms with van der Waals surface area (Å²) in [5.41, 5.74) is 1.14. The van der Waals surface area contributed by atoms with E-state index in [1.807, 2.05) is 32.0 Å². The van der Waals surface area contributed by atoms with Crippen LogP contribution in [0.2, 0.25) is 5.02 Å². The number of ether oxygens (including phenoxy) is 2. The molecule has 0 saturated carbocycles. The minimum atomic E-state index is 0.0905. The van der Waals surface area contributed by atoms with Gasteiger partial charge in [-0.3, -0.25) is 0 Å². The molecule has 102 valence electrons. The first kappa shape index (κ1) is 15.3. The smallest absolute Gasteiger partial charge is 0.138 e. The lowest BCUT2D eigenvalue weighted by atomic mass is 10.2. The minimum absolute atomic E-state index is 0.0905. The number of rotatable bonds is 8. The van der Waals surface area contributed by atoms with E-state index in [4.69, 9.17) is 21.1 Å². The zero-order valence-electron chi connectivity index (χ0n) is 11.3. The van der Waals surface area contributed by atoms with Crippen LogP contribution in [0.1, 0.15) is 18.9 Å². The molecule has 0 saturated heterocycles. The average Bonchev–Trinajstić information content (AvgIpc) is 2.32. The Labute approximate surface area is 114 Å². The molecular formula is C14H22ClNO2. The molecule has 0 fully saturated rings. The molecule has 0 aliphatic heterocycles. The number of hydrogen-bond acceptors (Lipinski definition) is 3. The maximum Gasteiger partial charge on any atom is 0.138 e. The van der Waals surface area contributed by atoms with Crippen LogP contribution in [0, 0.1) is 6.92 Å². The van der Waals surface area contributed by atoms with Crippen LogP contribution in [0.4, 0.5) is 0 Å². The van der Waals surface area contributed by atoms with Gasteiger partial charge in [-0.15, -0.1) is 0 Å². The summed E-state index contributed by atoms with van der Waals surface area (Å²) < 4.78 is 10.8. The molecule has 4 heteroatoms. The van der Waals surface area contributed by atoms with Gasteiger partial charge in [0.1, 0.15) is 11.9 Å². The molecule has 0 aliphatic rings. The summed E-state index contributed by atoms with van der Waals surface area (Å²) >= 11 is 6.11. The fourth-order valence-electron chi connectivity index (χ4n) is 1.61. The van der Waals surface area contributed by atoms with Gasteiger partial charge in [0, 0.05) is 20.3 Å². The van der Waals surface area contributed by atoms with Gasteiger partial charge in [0.15, 0.2) is 0 Å². The van der Waals surface area contributed by atoms with E-state index in [1.165, 1.54) is 0 Å². The van der Waals surface area contributed by atoms with Crippen molar-refractivity contribution in [1.29, 1.82) is 0 Å². The lowest BCUT2D eigenvalue weighted by Crippen LogP contribution is -2.30. The number of nitrogens with one attached hydrogen (secondary N) is 1. The van der Waals surface area contributed by atoms with Crippen LogP contribution in [0.3, 0.4) is 0 Å². The van der Waals surface area contributed by atoms with E-state index >= 15 is 0 Å². The number of aryl methyl sites for hydroxylation is 1. The first-order valence-electron chi connectivity index (χ1n) is 6.26. The highest BCUT2D eigenvalue weighted by molar-refractivity contribution is 6.32. The third kappa shape index (κ3) is 5.71. The van der Waals surface area contributed by atoms with Crippen molar-refractivity contribution in [3.63, 3.8) is 0 Å². The number of methoxy groups -OCH3 is 1. The van der Waals surface area contributed by atoms with Crippen LogP contribution in [-0.4, -0.2) is 32.9 Å². The molecule has 3 nitrogen and oxygen atoms in total. The van der Waals surface area contributed by atoms with Gasteiger partial charge in [-0.25, -0.2) is 0 Å². The minimum Gasteiger partial charge on any atom is -0.488 e. The van der Waals surface area contributed by atoms with Crippen molar-refractivity contribution in [2.45, 2.75) is 26.4 Å². The predicted molar refractivity (Wildman–Crippen MR) is 75.6 cm³/mol. The summed E-state index contributed by atoms with van der Waals surface area (Å²) in [5, 5.41) is 3.99. The highest BCUT2D eigenvalue weighted by atomic mass is 35.5. The van der Waals surface area contributed by atoms with E-state index in [2.05, 4.69) is 5.32 Å². The topological polar surface area (TPSA) is 30.5 Å². The maximum absolute atomic E-state index is 6.11. The Balaban J connectivity index is 2.28. The molecule has 1 aromatic carbocycles. The van der Waals surface area contributed by atoms with E-state index in [0.29, 0.717) is 5.02 Å². The van der Waals surface area contributed by atoms with Crippen molar-refractivity contribution in [3.8, 4) is 5.75 Å². The van der Waals surface area contributed by atoms with Gasteiger partial charge < -0.3 is 14.8 Å². The van der Waals surface area contributed by atoms with Crippen molar-refractivity contribution in [2.24, 2.45) is 0 Å². The van der Waals surface area contributed by atoms with Crippen molar-refractivity contribution in [3.05, 3.63) is 28.8 Å². The molecular weight excluding hydrogens is 250 g/mol. The van der Waals surface area contributed by atoms with Gasteiger partial charge >= 0.3 is 0 Å². The molecule has 1 rings (SSSR count). The summed E-state index contributed by atoms with van der Waals surface area (Å²) in [4.78, 5) is 0. The molecule has 1 atom stereocenters. The summed E-state index contributed by atoms with van der Waals surface area (Å²) in [6, 6.07) is 5.83. The van der Waals surface area contributed by atoms with Crippen LogP contribution in [-0.2, 0) is 4.74 Å². The maximum atomic E-state index is 6.11. The second kappa shape index (κ2) is 8.35. The second-order valence-electron chi connectivity index (χ2n) is 4.41. The summed E-state index contributed by atoms with van der Waals surface area (Å²) in [5.74, 6) is 0.744. The van der Waals surface area contributed by atoms with Crippen molar-refractivity contribution < 1.29 is 9.47 Å². The Hall–Kier alpha value is -0.770. The molecule has 0 radical (unpaired) electrons. The summed E-state index contributed by atoms with van der Waals surface area (Å²) in [6.07, 6.45) is 1.10. The normalized spacial score (nSPS) is 12.4. The van der Waals surface area contributed by atoms with Gasteiger partial charge in [0.05, 0.1) is 5.02 Å². The molecule has 1 N–H and O–H groups in total. The van der Waals surface area contributed by atoms with Crippen LogP contribution in [0.25, 0.3) is 0 Å². The summed E-state index contributed by atoms with van der Waals surface area (Å²) in [6.45, 7) is 6.55. The first-order valence-corrected chi connectivity index (χ1v) is 6.63. The Morgan fingerprint density at radius 3 is 2.83 bits per heavy atom. The third-order valence-electron chi connectivity index (χ3n) is 2.55. The van der Waals surface area contributed by atoms with Gasteiger partial charge in [0.25, 0.3) is 0 Å². The number of halogens is 1. The zero-order valence-corrected chi connectivity index (χ0v) is 12.1. The van der Waals surface area contributed by atoms with E-state index in [-0.39, 0.29) is 6.10 Å². The second-order valence-corrected chi connectivity index (χ2v) is 4.82. The molecule has 18 heavy (non-hydrogen) atoms. The van der Waals surface area contributed by atoms with E-state index in [1.54, 1.807) is 7.11 Å². The monoisotopic (exact) mass is 271 g/mol. The third-order valence-corrected chi connectivity index (χ3v) is 2.84. The molecule has 0 heterocycles. The highest BCUT2D eigenvalue weighted by Gasteiger charge is 2.07. The molecule has 0 aromatic heterocycles. The molecule has 1 unspecified atom stereocenters. The van der Waals surface area contributed by atoms with E-state index < -0.39 is 0 Å².